The number of rotatable bonds is 5. The average molecular weight is 278 g/mol. The number of ketones is 1. The number of Topliss-reactive ketones (excluding diaryl/α,β-unsaturated/α-hetero) is 1. The molecule has 0 radical (unpaired) electrons. The van der Waals surface area contributed by atoms with E-state index in [1.807, 2.05) is 18.4 Å². The summed E-state index contributed by atoms with van der Waals surface area (Å²) in [5, 5.41) is 8.23. The summed E-state index contributed by atoms with van der Waals surface area (Å²) in [5.41, 5.74) is 0.961. The number of nitrogens with zero attached hydrogens (tertiary/aromatic N) is 1. The molecule has 19 heavy (non-hydrogen) atoms. The van der Waals surface area contributed by atoms with Crippen LogP contribution < -0.4 is 5.32 Å². The molecule has 100 valence electrons. The zero-order valence-corrected chi connectivity index (χ0v) is 11.5. The van der Waals surface area contributed by atoms with E-state index in [0.29, 0.717) is 28.3 Å². The zero-order valence-electron chi connectivity index (χ0n) is 10.7. The lowest BCUT2D eigenvalue weighted by Crippen LogP contribution is -2.20. The normalized spacial score (nSPS) is 10.4. The Morgan fingerprint density at radius 2 is 2.26 bits per heavy atom. The predicted molar refractivity (Wildman–Crippen MR) is 71.6 cm³/mol. The Bertz CT molecular complexity index is 587. The van der Waals surface area contributed by atoms with Crippen LogP contribution >= 0.6 is 11.3 Å². The van der Waals surface area contributed by atoms with Gasteiger partial charge in [0, 0.05) is 7.05 Å². The molecule has 0 atom stereocenters. The Balaban J connectivity index is 2.28. The van der Waals surface area contributed by atoms with Gasteiger partial charge < -0.3 is 9.84 Å². The summed E-state index contributed by atoms with van der Waals surface area (Å²) in [6, 6.07) is 3.57. The zero-order chi connectivity index (χ0) is 13.8. The van der Waals surface area contributed by atoms with Gasteiger partial charge in [-0.25, -0.2) is 0 Å². The quantitative estimate of drug-likeness (QED) is 0.850. The number of carbonyl (C=O) groups is 2. The molecule has 0 spiro atoms. The lowest BCUT2D eigenvalue weighted by Gasteiger charge is -2.00. The van der Waals surface area contributed by atoms with Gasteiger partial charge in [-0.05, 0) is 17.9 Å². The van der Waals surface area contributed by atoms with Crippen LogP contribution in [0.4, 0.5) is 0 Å². The second-order valence-corrected chi connectivity index (χ2v) is 4.89. The minimum absolute atomic E-state index is 0.0519. The fourth-order valence-electron chi connectivity index (χ4n) is 1.78. The maximum absolute atomic E-state index is 12.0. The number of hydrogen-bond donors (Lipinski definition) is 1. The summed E-state index contributed by atoms with van der Waals surface area (Å²) in [4.78, 5) is 24.5. The monoisotopic (exact) mass is 278 g/mol. The summed E-state index contributed by atoms with van der Waals surface area (Å²) in [6.07, 6.45) is 0.635. The molecule has 0 aliphatic rings. The lowest BCUT2D eigenvalue weighted by atomic mass is 10.1. The number of aryl methyl sites for hydroxylation is 1. The van der Waals surface area contributed by atoms with Crippen LogP contribution in [0.5, 0.6) is 0 Å². The number of aromatic nitrogens is 1. The van der Waals surface area contributed by atoms with Crippen LogP contribution in [0.1, 0.15) is 38.4 Å². The molecule has 6 heteroatoms. The van der Waals surface area contributed by atoms with E-state index in [-0.39, 0.29) is 18.1 Å². The Kier molecular flexibility index (Phi) is 4.11. The van der Waals surface area contributed by atoms with Gasteiger partial charge in [-0.2, -0.15) is 0 Å². The van der Waals surface area contributed by atoms with E-state index in [0.717, 1.165) is 0 Å². The maximum Gasteiger partial charge on any atom is 0.256 e. The van der Waals surface area contributed by atoms with Crippen molar-refractivity contribution in [2.45, 2.75) is 19.8 Å². The van der Waals surface area contributed by atoms with Gasteiger partial charge in [0.05, 0.1) is 17.0 Å². The molecule has 2 aromatic heterocycles. The molecular weight excluding hydrogens is 264 g/mol. The molecule has 2 rings (SSSR count). The van der Waals surface area contributed by atoms with E-state index >= 15 is 0 Å². The average Bonchev–Trinajstić information content (AvgIpc) is 3.06. The maximum atomic E-state index is 12.0. The van der Waals surface area contributed by atoms with Crippen molar-refractivity contribution in [2.75, 3.05) is 7.05 Å². The standard InChI is InChI=1S/C13H14N2O3S/c1-3-8-12(13(17)14-2)10(18-15-8)7-9(16)11-5-4-6-19-11/h4-6H,3,7H2,1-2H3,(H,14,17). The number of nitrogens with one attached hydrogen (secondary N) is 1. The van der Waals surface area contributed by atoms with Gasteiger partial charge in [-0.1, -0.05) is 18.1 Å². The van der Waals surface area contributed by atoms with Gasteiger partial charge in [0.1, 0.15) is 5.56 Å². The van der Waals surface area contributed by atoms with E-state index < -0.39 is 0 Å². The lowest BCUT2D eigenvalue weighted by molar-refractivity contribution is 0.0959. The molecule has 0 saturated carbocycles. The second kappa shape index (κ2) is 5.79. The topological polar surface area (TPSA) is 72.2 Å². The third-order valence-electron chi connectivity index (χ3n) is 2.74. The van der Waals surface area contributed by atoms with Crippen molar-refractivity contribution in [3.05, 3.63) is 39.4 Å². The third kappa shape index (κ3) is 2.73. The van der Waals surface area contributed by atoms with Crippen LogP contribution in [0.25, 0.3) is 0 Å². The summed E-state index contributed by atoms with van der Waals surface area (Å²) in [5.74, 6) is -0.0133. The highest BCUT2D eigenvalue weighted by Crippen LogP contribution is 2.19. The van der Waals surface area contributed by atoms with Gasteiger partial charge in [0.25, 0.3) is 5.91 Å². The first-order valence-electron chi connectivity index (χ1n) is 5.93. The first kappa shape index (κ1) is 13.5. The smallest absolute Gasteiger partial charge is 0.256 e. The van der Waals surface area contributed by atoms with Crippen molar-refractivity contribution in [3.63, 3.8) is 0 Å². The molecule has 0 aliphatic heterocycles. The van der Waals surface area contributed by atoms with Gasteiger partial charge in [-0.3, -0.25) is 9.59 Å². The first-order valence-corrected chi connectivity index (χ1v) is 6.81. The van der Waals surface area contributed by atoms with Crippen molar-refractivity contribution in [3.8, 4) is 0 Å². The predicted octanol–water partition coefficient (Wildman–Crippen LogP) is 2.08. The van der Waals surface area contributed by atoms with E-state index in [1.165, 1.54) is 11.3 Å². The van der Waals surface area contributed by atoms with Crippen molar-refractivity contribution >= 4 is 23.0 Å². The Morgan fingerprint density at radius 3 is 2.84 bits per heavy atom. The molecule has 0 saturated heterocycles. The SMILES string of the molecule is CCc1noc(CC(=O)c2cccs2)c1C(=O)NC. The molecule has 0 bridgehead atoms. The van der Waals surface area contributed by atoms with Crippen LogP contribution in [-0.4, -0.2) is 23.9 Å². The molecule has 5 nitrogen and oxygen atoms in total. The van der Waals surface area contributed by atoms with Crippen LogP contribution in [0.2, 0.25) is 0 Å². The van der Waals surface area contributed by atoms with Gasteiger partial charge in [-0.15, -0.1) is 11.3 Å². The Morgan fingerprint density at radius 1 is 1.47 bits per heavy atom. The molecule has 0 fully saturated rings. The molecule has 0 aromatic carbocycles. The van der Waals surface area contributed by atoms with Gasteiger partial charge in [0.15, 0.2) is 11.5 Å². The number of carbonyl (C=O) groups excluding carboxylic acids is 2. The minimum atomic E-state index is -0.271. The third-order valence-corrected chi connectivity index (χ3v) is 3.65. The van der Waals surface area contributed by atoms with Crippen LogP contribution in [0, 0.1) is 0 Å². The summed E-state index contributed by atoms with van der Waals surface area (Å²) < 4.78 is 5.15. The molecule has 2 aromatic rings. The molecule has 1 amide bonds. The fraction of sp³-hybridized carbons (Fsp3) is 0.308. The summed E-state index contributed by atoms with van der Waals surface area (Å²) >= 11 is 1.37. The highest BCUT2D eigenvalue weighted by Gasteiger charge is 2.23. The minimum Gasteiger partial charge on any atom is -0.360 e. The number of thiophene rings is 1. The van der Waals surface area contributed by atoms with Crippen molar-refractivity contribution in [2.24, 2.45) is 0 Å². The van der Waals surface area contributed by atoms with E-state index in [9.17, 15) is 9.59 Å². The molecule has 1 N–H and O–H groups in total. The van der Waals surface area contributed by atoms with Crippen molar-refractivity contribution in [1.82, 2.24) is 10.5 Å². The fourth-order valence-corrected chi connectivity index (χ4v) is 2.44. The van der Waals surface area contributed by atoms with Crippen LogP contribution in [0.3, 0.4) is 0 Å². The number of amides is 1. The van der Waals surface area contributed by atoms with E-state index in [4.69, 9.17) is 4.52 Å². The summed E-state index contributed by atoms with van der Waals surface area (Å²) in [7, 11) is 1.54. The highest BCUT2D eigenvalue weighted by atomic mass is 32.1. The first-order chi connectivity index (χ1) is 9.17. The summed E-state index contributed by atoms with van der Waals surface area (Å²) in [6.45, 7) is 1.88. The largest absolute Gasteiger partial charge is 0.360 e. The van der Waals surface area contributed by atoms with Gasteiger partial charge >= 0.3 is 0 Å². The van der Waals surface area contributed by atoms with Gasteiger partial charge in [0.2, 0.25) is 0 Å². The molecule has 2 heterocycles. The Hall–Kier alpha value is -1.95. The van der Waals surface area contributed by atoms with Crippen LogP contribution in [0.15, 0.2) is 22.0 Å². The number of hydrogen-bond acceptors (Lipinski definition) is 5. The molecule has 0 aliphatic carbocycles. The highest BCUT2D eigenvalue weighted by molar-refractivity contribution is 7.12. The van der Waals surface area contributed by atoms with Crippen LogP contribution in [-0.2, 0) is 12.8 Å². The van der Waals surface area contributed by atoms with Crippen molar-refractivity contribution < 1.29 is 14.1 Å². The Labute approximate surface area is 114 Å². The molecule has 0 unspecified atom stereocenters. The second-order valence-electron chi connectivity index (χ2n) is 3.94. The van der Waals surface area contributed by atoms with E-state index in [2.05, 4.69) is 10.5 Å². The molecular formula is C13H14N2O3S. The van der Waals surface area contributed by atoms with E-state index in [1.54, 1.807) is 13.1 Å². The van der Waals surface area contributed by atoms with Crippen molar-refractivity contribution in [1.29, 1.82) is 0 Å².